The first-order chi connectivity index (χ1) is 7.39. The Morgan fingerprint density at radius 2 is 2.06 bits per heavy atom. The maximum Gasteiger partial charge on any atom is 0.0449 e. The Morgan fingerprint density at radius 3 is 2.50 bits per heavy atom. The van der Waals surface area contributed by atoms with E-state index in [1.165, 1.54) is 0 Å². The second-order valence-corrected chi connectivity index (χ2v) is 5.98. The fourth-order valence-electron chi connectivity index (χ4n) is 1.76. The molecule has 1 rings (SSSR count). The molecule has 0 aliphatic carbocycles. The maximum absolute atomic E-state index is 6.41. The molecule has 0 heterocycles. The predicted molar refractivity (Wildman–Crippen MR) is 74.9 cm³/mol. The summed E-state index contributed by atoms with van der Waals surface area (Å²) < 4.78 is 1.00. The van der Waals surface area contributed by atoms with Gasteiger partial charge in [0.2, 0.25) is 0 Å². The topological polar surface area (TPSA) is 26.0 Å². The third-order valence-corrected chi connectivity index (χ3v) is 4.19. The Morgan fingerprint density at radius 1 is 1.44 bits per heavy atom. The normalized spacial score (nSPS) is 15.2. The van der Waals surface area contributed by atoms with Gasteiger partial charge < -0.3 is 5.73 Å². The van der Waals surface area contributed by atoms with E-state index >= 15 is 0 Å². The summed E-state index contributed by atoms with van der Waals surface area (Å²) in [6.07, 6.45) is 1.78. The standard InChI is InChI=1S/C13H19BrClN/c1-4-13(16,9(2)3)8-10-5-6-11(14)7-12(10)15/h5-7,9H,4,8,16H2,1-3H3. The molecule has 1 unspecified atom stereocenters. The average molecular weight is 305 g/mol. The van der Waals surface area contributed by atoms with E-state index in [-0.39, 0.29) is 5.54 Å². The fraction of sp³-hybridized carbons (Fsp3) is 0.538. The molecule has 0 spiro atoms. The Balaban J connectivity index is 2.95. The second-order valence-electron chi connectivity index (χ2n) is 4.65. The highest BCUT2D eigenvalue weighted by Gasteiger charge is 2.27. The first-order valence-electron chi connectivity index (χ1n) is 5.62. The first kappa shape index (κ1) is 14.0. The summed E-state index contributed by atoms with van der Waals surface area (Å²) in [5.74, 6) is 0.442. The Hall–Kier alpha value is -0.0500. The summed E-state index contributed by atoms with van der Waals surface area (Å²) in [7, 11) is 0. The molecule has 0 aliphatic heterocycles. The molecule has 1 atom stereocenters. The summed E-state index contributed by atoms with van der Waals surface area (Å²) in [4.78, 5) is 0. The van der Waals surface area contributed by atoms with Crippen LogP contribution in [0.15, 0.2) is 22.7 Å². The van der Waals surface area contributed by atoms with Gasteiger partial charge in [-0.3, -0.25) is 0 Å². The van der Waals surface area contributed by atoms with Gasteiger partial charge in [-0.05, 0) is 36.5 Å². The molecular weight excluding hydrogens is 286 g/mol. The van der Waals surface area contributed by atoms with Crippen LogP contribution < -0.4 is 5.73 Å². The van der Waals surface area contributed by atoms with Crippen LogP contribution in [-0.2, 0) is 6.42 Å². The zero-order valence-corrected chi connectivity index (χ0v) is 12.4. The van der Waals surface area contributed by atoms with Crippen molar-refractivity contribution in [1.29, 1.82) is 0 Å². The van der Waals surface area contributed by atoms with Crippen LogP contribution in [0.5, 0.6) is 0 Å². The fourth-order valence-corrected chi connectivity index (χ4v) is 2.50. The van der Waals surface area contributed by atoms with E-state index in [9.17, 15) is 0 Å². The SMILES string of the molecule is CCC(N)(Cc1ccc(Br)cc1Cl)C(C)C. The van der Waals surface area contributed by atoms with Crippen molar-refractivity contribution < 1.29 is 0 Å². The lowest BCUT2D eigenvalue weighted by atomic mass is 9.80. The number of halogens is 2. The first-order valence-corrected chi connectivity index (χ1v) is 6.79. The smallest absolute Gasteiger partial charge is 0.0449 e. The summed E-state index contributed by atoms with van der Waals surface area (Å²) in [5, 5.41) is 0.790. The average Bonchev–Trinajstić information content (AvgIpc) is 2.22. The van der Waals surface area contributed by atoms with Crippen molar-refractivity contribution in [2.24, 2.45) is 11.7 Å². The van der Waals surface area contributed by atoms with Gasteiger partial charge in [0.05, 0.1) is 0 Å². The summed E-state index contributed by atoms with van der Waals surface area (Å²) in [5.41, 5.74) is 7.37. The quantitative estimate of drug-likeness (QED) is 0.876. The maximum atomic E-state index is 6.41. The number of hydrogen-bond donors (Lipinski definition) is 1. The zero-order valence-electron chi connectivity index (χ0n) is 10.1. The van der Waals surface area contributed by atoms with Gasteiger partial charge in [-0.2, -0.15) is 0 Å². The van der Waals surface area contributed by atoms with Crippen LogP contribution in [-0.4, -0.2) is 5.54 Å². The molecule has 0 fully saturated rings. The Kier molecular flexibility index (Phi) is 4.84. The van der Waals surface area contributed by atoms with E-state index in [2.05, 4.69) is 36.7 Å². The molecule has 0 aromatic heterocycles. The van der Waals surface area contributed by atoms with Crippen molar-refractivity contribution in [2.75, 3.05) is 0 Å². The molecule has 3 heteroatoms. The lowest BCUT2D eigenvalue weighted by molar-refractivity contribution is 0.296. The van der Waals surface area contributed by atoms with Crippen LogP contribution in [0, 0.1) is 5.92 Å². The summed E-state index contributed by atoms with van der Waals surface area (Å²) >= 11 is 9.62. The number of rotatable bonds is 4. The molecule has 0 amide bonds. The van der Waals surface area contributed by atoms with E-state index in [1.54, 1.807) is 0 Å². The van der Waals surface area contributed by atoms with Crippen molar-refractivity contribution in [1.82, 2.24) is 0 Å². The summed E-state index contributed by atoms with van der Waals surface area (Å²) in [6, 6.07) is 5.98. The van der Waals surface area contributed by atoms with Gasteiger partial charge in [0.15, 0.2) is 0 Å². The van der Waals surface area contributed by atoms with Gasteiger partial charge in [-0.25, -0.2) is 0 Å². The molecular formula is C13H19BrClN. The van der Waals surface area contributed by atoms with Crippen LogP contribution in [0.25, 0.3) is 0 Å². The van der Waals surface area contributed by atoms with Crippen LogP contribution >= 0.6 is 27.5 Å². The third-order valence-electron chi connectivity index (χ3n) is 3.34. The van der Waals surface area contributed by atoms with Gasteiger partial charge in [0, 0.05) is 15.0 Å². The molecule has 0 saturated heterocycles. The minimum Gasteiger partial charge on any atom is -0.325 e. The van der Waals surface area contributed by atoms with Gasteiger partial charge in [0.25, 0.3) is 0 Å². The zero-order chi connectivity index (χ0) is 12.3. The monoisotopic (exact) mass is 303 g/mol. The van der Waals surface area contributed by atoms with E-state index in [0.717, 1.165) is 27.9 Å². The minimum absolute atomic E-state index is 0.169. The second kappa shape index (κ2) is 5.52. The molecule has 0 aliphatic rings. The van der Waals surface area contributed by atoms with Crippen LogP contribution in [0.2, 0.25) is 5.02 Å². The third kappa shape index (κ3) is 3.22. The molecule has 90 valence electrons. The van der Waals surface area contributed by atoms with E-state index in [0.29, 0.717) is 5.92 Å². The van der Waals surface area contributed by atoms with Gasteiger partial charge in [-0.15, -0.1) is 0 Å². The van der Waals surface area contributed by atoms with Gasteiger partial charge in [0.1, 0.15) is 0 Å². The van der Waals surface area contributed by atoms with Gasteiger partial charge in [-0.1, -0.05) is 54.4 Å². The van der Waals surface area contributed by atoms with Crippen molar-refractivity contribution in [3.63, 3.8) is 0 Å². The van der Waals surface area contributed by atoms with Crippen molar-refractivity contribution in [3.05, 3.63) is 33.3 Å². The number of benzene rings is 1. The molecule has 1 aromatic rings. The van der Waals surface area contributed by atoms with Crippen LogP contribution in [0.1, 0.15) is 32.8 Å². The molecule has 0 bridgehead atoms. The largest absolute Gasteiger partial charge is 0.325 e. The van der Waals surface area contributed by atoms with Crippen molar-refractivity contribution >= 4 is 27.5 Å². The molecule has 1 nitrogen and oxygen atoms in total. The highest BCUT2D eigenvalue weighted by Crippen LogP contribution is 2.28. The van der Waals surface area contributed by atoms with Crippen LogP contribution in [0.3, 0.4) is 0 Å². The molecule has 0 radical (unpaired) electrons. The molecule has 2 N–H and O–H groups in total. The Bertz CT molecular complexity index is 365. The summed E-state index contributed by atoms with van der Waals surface area (Å²) in [6.45, 7) is 6.46. The van der Waals surface area contributed by atoms with E-state index < -0.39 is 0 Å². The highest BCUT2D eigenvalue weighted by atomic mass is 79.9. The highest BCUT2D eigenvalue weighted by molar-refractivity contribution is 9.10. The number of hydrogen-bond acceptors (Lipinski definition) is 1. The van der Waals surface area contributed by atoms with Gasteiger partial charge >= 0.3 is 0 Å². The molecule has 16 heavy (non-hydrogen) atoms. The van der Waals surface area contributed by atoms with Crippen LogP contribution in [0.4, 0.5) is 0 Å². The molecule has 1 aromatic carbocycles. The van der Waals surface area contributed by atoms with E-state index in [4.69, 9.17) is 17.3 Å². The molecule has 0 saturated carbocycles. The lowest BCUT2D eigenvalue weighted by Gasteiger charge is -2.33. The lowest BCUT2D eigenvalue weighted by Crippen LogP contribution is -2.46. The van der Waals surface area contributed by atoms with E-state index in [1.807, 2.05) is 18.2 Å². The van der Waals surface area contributed by atoms with Crippen molar-refractivity contribution in [2.45, 2.75) is 39.2 Å². The Labute approximate surface area is 111 Å². The van der Waals surface area contributed by atoms with Crippen molar-refractivity contribution in [3.8, 4) is 0 Å². The predicted octanol–water partition coefficient (Wildman–Crippen LogP) is 4.41. The number of nitrogens with two attached hydrogens (primary N) is 1. The minimum atomic E-state index is -0.169.